The standard InChI is InChI=1S/C25H48O2.C24H46O2.2C23H44O2/c1-4-7-9-11-13-15-17-20-24(22-19-23-27-25(26)6-3)21-18-16-14-12-10-8-5-2;1-4-7-9-11-13-15-17-20-23(19-16-14-12-10-8-5-2)21-18-22-26-24(25)6-3;1-4-7-9-11-12-14-16-19-22(18-15-13-10-8-5-2)20-17-21-25-23(24)6-3;1-4-7-9-11-13-15-18-22(19-16-14-12-10-8-5-2)20-17-21-25-23(24)6-3/h6,24H,3-5,7-23H2,1-2H3;6,23H,3-5,7-22H2,1-2H3;2*6,22H,3-5,7-21H2,1-2H3. The molecule has 610 valence electrons. The van der Waals surface area contributed by atoms with Crippen LogP contribution in [0.4, 0.5) is 0 Å². The van der Waals surface area contributed by atoms with Crippen LogP contribution < -0.4 is 0 Å². The molecule has 8 heteroatoms. The Morgan fingerprint density at radius 3 is 0.408 bits per heavy atom. The van der Waals surface area contributed by atoms with E-state index >= 15 is 0 Å². The summed E-state index contributed by atoms with van der Waals surface area (Å²) < 4.78 is 20.5. The minimum absolute atomic E-state index is 0.286. The molecule has 2 atom stereocenters. The molecule has 0 aliphatic heterocycles. The molecule has 0 aromatic heterocycles. The van der Waals surface area contributed by atoms with Crippen LogP contribution in [-0.4, -0.2) is 50.3 Å². The summed E-state index contributed by atoms with van der Waals surface area (Å²) in [6.07, 6.45) is 95.2. The van der Waals surface area contributed by atoms with Crippen LogP contribution in [0.3, 0.4) is 0 Å². The topological polar surface area (TPSA) is 105 Å². The summed E-state index contributed by atoms with van der Waals surface area (Å²) in [5.41, 5.74) is 0. The average Bonchev–Trinajstić information content (AvgIpc) is 2.46. The van der Waals surface area contributed by atoms with E-state index < -0.39 is 0 Å². The van der Waals surface area contributed by atoms with Crippen LogP contribution in [0, 0.1) is 23.7 Å². The summed E-state index contributed by atoms with van der Waals surface area (Å²) >= 11 is 0. The monoisotopic (exact) mass is 1450 g/mol. The van der Waals surface area contributed by atoms with Crippen LogP contribution >= 0.6 is 0 Å². The summed E-state index contributed by atoms with van der Waals surface area (Å²) in [6, 6.07) is 0. The van der Waals surface area contributed by atoms with Crippen LogP contribution in [0.5, 0.6) is 0 Å². The highest BCUT2D eigenvalue weighted by Gasteiger charge is 2.14. The molecule has 0 rings (SSSR count). The van der Waals surface area contributed by atoms with E-state index in [0.29, 0.717) is 26.4 Å². The number of rotatable bonds is 79. The molecule has 2 unspecified atom stereocenters. The molecule has 0 saturated heterocycles. The molecule has 0 bridgehead atoms. The van der Waals surface area contributed by atoms with E-state index in [2.05, 4.69) is 81.7 Å². The Kier molecular flexibility index (Phi) is 97.9. The molecular weight excluding hydrogens is 1270 g/mol. The lowest BCUT2D eigenvalue weighted by molar-refractivity contribution is -0.138. The van der Waals surface area contributed by atoms with Crippen molar-refractivity contribution in [2.45, 2.75) is 486 Å². The van der Waals surface area contributed by atoms with E-state index in [1.807, 2.05) is 0 Å². The summed E-state index contributed by atoms with van der Waals surface area (Å²) in [7, 11) is 0. The zero-order valence-corrected chi connectivity index (χ0v) is 70.9. The Labute approximate surface area is 644 Å². The van der Waals surface area contributed by atoms with E-state index in [1.165, 1.54) is 429 Å². The van der Waals surface area contributed by atoms with Gasteiger partial charge in [0.2, 0.25) is 0 Å². The highest BCUT2D eigenvalue weighted by molar-refractivity contribution is 5.82. The fraction of sp³-hybridized carbons (Fsp3) is 0.874. The van der Waals surface area contributed by atoms with E-state index in [4.69, 9.17) is 18.9 Å². The Morgan fingerprint density at radius 1 is 0.184 bits per heavy atom. The van der Waals surface area contributed by atoms with Crippen molar-refractivity contribution in [3.8, 4) is 0 Å². The van der Waals surface area contributed by atoms with Crippen molar-refractivity contribution in [3.05, 3.63) is 50.6 Å². The normalized spacial score (nSPS) is 11.6. The third kappa shape index (κ3) is 93.0. The summed E-state index contributed by atoms with van der Waals surface area (Å²) in [4.78, 5) is 44.5. The lowest BCUT2D eigenvalue weighted by atomic mass is 9.90. The highest BCUT2D eigenvalue weighted by atomic mass is 16.5. The number of carbonyl (C=O) groups excluding carboxylic acids is 4. The van der Waals surface area contributed by atoms with Crippen molar-refractivity contribution in [1.82, 2.24) is 0 Å². The second kappa shape index (κ2) is 94.9. The molecule has 0 aromatic rings. The molecule has 0 aliphatic rings. The van der Waals surface area contributed by atoms with Gasteiger partial charge in [-0.25, -0.2) is 19.2 Å². The Bertz CT molecular complexity index is 1690. The summed E-state index contributed by atoms with van der Waals surface area (Å²) in [5, 5.41) is 0. The maximum Gasteiger partial charge on any atom is 0.330 e. The predicted octanol–water partition coefficient (Wildman–Crippen LogP) is 31.6. The molecule has 0 aromatic carbocycles. The minimum Gasteiger partial charge on any atom is -0.463 e. The van der Waals surface area contributed by atoms with Gasteiger partial charge in [-0.3, -0.25) is 0 Å². The number of unbranched alkanes of at least 4 members (excludes halogenated alkanes) is 43. The zero-order valence-electron chi connectivity index (χ0n) is 70.9. The minimum atomic E-state index is -0.289. The fourth-order valence-corrected chi connectivity index (χ4v) is 14.4. The second-order valence-electron chi connectivity index (χ2n) is 31.0. The molecule has 103 heavy (non-hydrogen) atoms. The van der Waals surface area contributed by atoms with Gasteiger partial charge in [0.1, 0.15) is 0 Å². The first-order chi connectivity index (χ1) is 50.5. The predicted molar refractivity (Wildman–Crippen MR) is 453 cm³/mol. The molecule has 0 fully saturated rings. The van der Waals surface area contributed by atoms with Crippen molar-refractivity contribution in [3.63, 3.8) is 0 Å². The van der Waals surface area contributed by atoms with Gasteiger partial charge in [-0.2, -0.15) is 0 Å². The van der Waals surface area contributed by atoms with E-state index in [0.717, 1.165) is 49.4 Å². The lowest BCUT2D eigenvalue weighted by Gasteiger charge is -2.17. The van der Waals surface area contributed by atoms with Crippen LogP contribution in [0.25, 0.3) is 0 Å². The van der Waals surface area contributed by atoms with E-state index in [9.17, 15) is 19.2 Å². The van der Waals surface area contributed by atoms with Crippen LogP contribution in [0.1, 0.15) is 486 Å². The van der Waals surface area contributed by atoms with Crippen molar-refractivity contribution in [1.29, 1.82) is 0 Å². The highest BCUT2D eigenvalue weighted by Crippen LogP contribution is 2.28. The lowest BCUT2D eigenvalue weighted by Crippen LogP contribution is -2.06. The zero-order chi connectivity index (χ0) is 76.5. The molecular formula is C95H182O8. The summed E-state index contributed by atoms with van der Waals surface area (Å²) in [5.74, 6) is 2.12. The first-order valence-electron chi connectivity index (χ1n) is 45.6. The van der Waals surface area contributed by atoms with Gasteiger partial charge in [0.05, 0.1) is 26.4 Å². The van der Waals surface area contributed by atoms with Crippen molar-refractivity contribution in [2.24, 2.45) is 23.7 Å². The molecule has 8 nitrogen and oxygen atoms in total. The van der Waals surface area contributed by atoms with Crippen LogP contribution in [0.2, 0.25) is 0 Å². The smallest absolute Gasteiger partial charge is 0.330 e. The second-order valence-corrected chi connectivity index (χ2v) is 31.0. The third-order valence-corrected chi connectivity index (χ3v) is 21.1. The van der Waals surface area contributed by atoms with E-state index in [1.54, 1.807) is 0 Å². The Morgan fingerprint density at radius 2 is 0.291 bits per heavy atom. The van der Waals surface area contributed by atoms with Crippen LogP contribution in [0.15, 0.2) is 50.6 Å². The van der Waals surface area contributed by atoms with Gasteiger partial charge < -0.3 is 18.9 Å². The average molecular weight is 1450 g/mol. The Hall–Kier alpha value is -3.16. The fourth-order valence-electron chi connectivity index (χ4n) is 14.4. The van der Waals surface area contributed by atoms with Gasteiger partial charge in [0.25, 0.3) is 0 Å². The molecule has 0 radical (unpaired) electrons. The van der Waals surface area contributed by atoms with E-state index in [-0.39, 0.29) is 23.9 Å². The quantitative estimate of drug-likeness (QED) is 0.0257. The molecule has 0 aliphatic carbocycles. The van der Waals surface area contributed by atoms with Crippen molar-refractivity contribution in [2.75, 3.05) is 26.4 Å². The van der Waals surface area contributed by atoms with Crippen molar-refractivity contribution < 1.29 is 38.1 Å². The van der Waals surface area contributed by atoms with Crippen molar-refractivity contribution >= 4 is 23.9 Å². The summed E-state index contributed by atoms with van der Waals surface area (Å²) in [6.45, 7) is 34.2. The number of carbonyl (C=O) groups is 4. The number of ether oxygens (including phenoxy) is 4. The number of esters is 4. The molecule has 0 N–H and O–H groups in total. The maximum atomic E-state index is 11.2. The SMILES string of the molecule is C=CC(=O)OCCCC(CCCCCCC)CCCCCCCCC.C=CC(=O)OCCCC(CCCCCCCC)CCCCCCCC.C=CC(=O)OCCCC(CCCCCCCC)CCCCCCCCC.C=CC(=O)OCCCC(CCCCCCCCC)CCCCCCCCC. The van der Waals surface area contributed by atoms with Crippen LogP contribution in [-0.2, 0) is 38.1 Å². The largest absolute Gasteiger partial charge is 0.463 e. The number of hydrogen-bond acceptors (Lipinski definition) is 8. The van der Waals surface area contributed by atoms with Gasteiger partial charge in [0.15, 0.2) is 0 Å². The maximum absolute atomic E-state index is 11.2. The number of hydrogen-bond donors (Lipinski definition) is 0. The molecule has 0 heterocycles. The van der Waals surface area contributed by atoms with Gasteiger partial charge in [-0.05, 0) is 75.0 Å². The molecule has 0 saturated carbocycles. The third-order valence-electron chi connectivity index (χ3n) is 21.1. The van der Waals surface area contributed by atoms with Gasteiger partial charge in [0, 0.05) is 24.3 Å². The van der Waals surface area contributed by atoms with Gasteiger partial charge >= 0.3 is 23.9 Å². The van der Waals surface area contributed by atoms with Gasteiger partial charge in [-0.1, -0.05) is 461 Å². The first-order valence-corrected chi connectivity index (χ1v) is 45.6. The van der Waals surface area contributed by atoms with Gasteiger partial charge in [-0.15, -0.1) is 0 Å². The molecule has 0 spiro atoms. The Balaban J connectivity index is -0.000000635. The first kappa shape index (κ1) is 106. The molecule has 0 amide bonds.